The van der Waals surface area contributed by atoms with E-state index in [1.165, 1.54) is 4.90 Å². The van der Waals surface area contributed by atoms with E-state index in [1.807, 2.05) is 0 Å². The second-order valence-corrected chi connectivity index (χ2v) is 7.75. The van der Waals surface area contributed by atoms with Crippen molar-refractivity contribution in [1.82, 2.24) is 15.1 Å². The monoisotopic (exact) mass is 375 g/mol. The number of carbonyl (C=O) groups excluding carboxylic acids is 2. The van der Waals surface area contributed by atoms with Gasteiger partial charge in [0.15, 0.2) is 6.04 Å². The van der Waals surface area contributed by atoms with Gasteiger partial charge in [0, 0.05) is 32.5 Å². The summed E-state index contributed by atoms with van der Waals surface area (Å²) in [4.78, 5) is 40.1. The quantitative estimate of drug-likeness (QED) is 0.690. The van der Waals surface area contributed by atoms with Crippen LogP contribution in [0.1, 0.15) is 44.9 Å². The van der Waals surface area contributed by atoms with Crippen LogP contribution in [0.25, 0.3) is 0 Å². The predicted octanol–water partition coefficient (Wildman–Crippen LogP) is 0.694. The number of nitrogens with one attached hydrogen (secondary N) is 1. The fourth-order valence-corrected chi connectivity index (χ4v) is 4.28. The van der Waals surface area contributed by atoms with E-state index in [1.54, 1.807) is 4.90 Å². The van der Waals surface area contributed by atoms with E-state index >= 15 is 0 Å². The Hall–Kier alpha value is -2.07. The van der Waals surface area contributed by atoms with Gasteiger partial charge in [-0.1, -0.05) is 11.8 Å². The number of carboxylic acids is 1. The lowest BCUT2D eigenvalue weighted by molar-refractivity contribution is -0.151. The molecular weight excluding hydrogens is 346 g/mol. The molecule has 0 aliphatic carbocycles. The van der Waals surface area contributed by atoms with Crippen molar-refractivity contribution in [3.8, 4) is 11.8 Å². The molecule has 0 aromatic heterocycles. The maximum atomic E-state index is 12.9. The van der Waals surface area contributed by atoms with Crippen molar-refractivity contribution in [1.29, 1.82) is 0 Å². The van der Waals surface area contributed by atoms with E-state index in [-0.39, 0.29) is 17.7 Å². The van der Waals surface area contributed by atoms with Gasteiger partial charge >= 0.3 is 5.97 Å². The average Bonchev–Trinajstić information content (AvgIpc) is 2.72. The van der Waals surface area contributed by atoms with E-state index in [9.17, 15) is 19.5 Å². The van der Waals surface area contributed by atoms with Crippen molar-refractivity contribution in [2.24, 2.45) is 11.8 Å². The molecule has 2 amide bonds. The Morgan fingerprint density at radius 2 is 1.89 bits per heavy atom. The van der Waals surface area contributed by atoms with Crippen LogP contribution >= 0.6 is 0 Å². The number of piperidine rings is 2. The Balaban J connectivity index is 1.53. The highest BCUT2D eigenvalue weighted by Gasteiger charge is 2.36. The number of nitrogens with zero attached hydrogens (tertiary/aromatic N) is 2. The van der Waals surface area contributed by atoms with E-state index in [2.05, 4.69) is 17.2 Å². The van der Waals surface area contributed by atoms with Crippen LogP contribution in [0.15, 0.2) is 0 Å². The van der Waals surface area contributed by atoms with Gasteiger partial charge in [-0.3, -0.25) is 9.59 Å². The molecule has 2 saturated heterocycles. The van der Waals surface area contributed by atoms with E-state index in [0.29, 0.717) is 44.8 Å². The van der Waals surface area contributed by atoms with Gasteiger partial charge in [-0.05, 0) is 51.1 Å². The van der Waals surface area contributed by atoms with E-state index < -0.39 is 12.0 Å². The van der Waals surface area contributed by atoms with Crippen molar-refractivity contribution < 1.29 is 19.5 Å². The number of amides is 2. The first-order valence-corrected chi connectivity index (χ1v) is 10.1. The Morgan fingerprint density at radius 1 is 1.11 bits per heavy atom. The minimum atomic E-state index is -1.08. The summed E-state index contributed by atoms with van der Waals surface area (Å²) in [6.45, 7) is 3.51. The second kappa shape index (κ2) is 9.23. The largest absolute Gasteiger partial charge is 0.479 e. The molecule has 2 fully saturated rings. The van der Waals surface area contributed by atoms with Gasteiger partial charge in [-0.15, -0.1) is 0 Å². The highest BCUT2D eigenvalue weighted by atomic mass is 16.4. The summed E-state index contributed by atoms with van der Waals surface area (Å²) in [6.07, 6.45) is 5.69. The third-order valence-electron chi connectivity index (χ3n) is 5.89. The van der Waals surface area contributed by atoms with Crippen molar-refractivity contribution in [2.75, 3.05) is 32.7 Å². The molecule has 3 aliphatic heterocycles. The summed E-state index contributed by atoms with van der Waals surface area (Å²) < 4.78 is 0. The molecule has 1 unspecified atom stereocenters. The molecule has 0 aromatic carbocycles. The minimum Gasteiger partial charge on any atom is -0.479 e. The standard InChI is InChI=1S/C20H29N3O4/c24-18(7-6-15-8-10-21-11-9-15)22-12-3-4-16(14-22)19(25)23-13-2-1-5-17(23)20(26)27/h15-17,21H,2-4,6-14H2,(H,26,27)/t16-,17?/m1/s1. The van der Waals surface area contributed by atoms with Crippen LogP contribution in [0.4, 0.5) is 0 Å². The van der Waals surface area contributed by atoms with Crippen LogP contribution in [-0.2, 0) is 14.4 Å². The summed E-state index contributed by atoms with van der Waals surface area (Å²) in [6, 6.07) is -1.06. The maximum absolute atomic E-state index is 12.9. The van der Waals surface area contributed by atoms with Crippen molar-refractivity contribution in [3.05, 3.63) is 0 Å². The first-order valence-electron chi connectivity index (χ1n) is 10.1. The summed E-state index contributed by atoms with van der Waals surface area (Å²) in [5.41, 5.74) is 0. The molecule has 7 heteroatoms. The highest BCUT2D eigenvalue weighted by molar-refractivity contribution is 5.88. The topological polar surface area (TPSA) is 90.0 Å². The number of hydrogen-bond donors (Lipinski definition) is 2. The lowest BCUT2D eigenvalue weighted by atomic mass is 9.92. The molecule has 0 saturated carbocycles. The highest BCUT2D eigenvalue weighted by Crippen LogP contribution is 2.23. The zero-order valence-electron chi connectivity index (χ0n) is 15.8. The summed E-state index contributed by atoms with van der Waals surface area (Å²) in [7, 11) is 0. The number of likely N-dealkylation sites (tertiary alicyclic amines) is 1. The molecule has 2 atom stereocenters. The molecular formula is C20H29N3O4. The molecule has 2 N–H and O–H groups in total. The molecule has 27 heavy (non-hydrogen) atoms. The Labute approximate surface area is 160 Å². The number of aliphatic carboxylic acids is 1. The van der Waals surface area contributed by atoms with Crippen LogP contribution in [0, 0.1) is 23.7 Å². The Morgan fingerprint density at radius 3 is 2.63 bits per heavy atom. The van der Waals surface area contributed by atoms with Gasteiger partial charge in [0.05, 0.1) is 5.92 Å². The zero-order chi connectivity index (χ0) is 19.2. The molecule has 0 spiro atoms. The first-order chi connectivity index (χ1) is 13.1. The summed E-state index contributed by atoms with van der Waals surface area (Å²) in [5, 5.41) is 12.7. The molecule has 7 nitrogen and oxygen atoms in total. The molecule has 0 aromatic rings. The Kier molecular flexibility index (Phi) is 6.73. The first kappa shape index (κ1) is 19.7. The smallest absolute Gasteiger partial charge is 0.339 e. The third kappa shape index (κ3) is 5.01. The molecule has 0 bridgehead atoms. The second-order valence-electron chi connectivity index (χ2n) is 7.75. The number of rotatable bonds is 5. The lowest BCUT2D eigenvalue weighted by Gasteiger charge is -2.36. The SMILES string of the molecule is O=C(O)C1C#CCCN1C(=O)[C@@H]1CCCN(C(=O)CCC2CCNCC2)C1. The van der Waals surface area contributed by atoms with E-state index in [4.69, 9.17) is 0 Å². The van der Waals surface area contributed by atoms with Gasteiger partial charge in [-0.25, -0.2) is 4.79 Å². The van der Waals surface area contributed by atoms with Crippen LogP contribution in [0.5, 0.6) is 0 Å². The predicted molar refractivity (Wildman–Crippen MR) is 99.7 cm³/mol. The van der Waals surface area contributed by atoms with Crippen LogP contribution in [0.2, 0.25) is 0 Å². The zero-order valence-corrected chi connectivity index (χ0v) is 15.8. The van der Waals surface area contributed by atoms with Crippen molar-refractivity contribution in [2.45, 2.75) is 51.0 Å². The van der Waals surface area contributed by atoms with Crippen LogP contribution < -0.4 is 5.32 Å². The summed E-state index contributed by atoms with van der Waals surface area (Å²) >= 11 is 0. The van der Waals surface area contributed by atoms with Gasteiger partial charge in [0.1, 0.15) is 0 Å². The van der Waals surface area contributed by atoms with Crippen molar-refractivity contribution >= 4 is 17.8 Å². The number of hydrogen-bond acceptors (Lipinski definition) is 4. The fourth-order valence-electron chi connectivity index (χ4n) is 4.28. The fraction of sp³-hybridized carbons (Fsp3) is 0.750. The minimum absolute atomic E-state index is 0.124. The molecule has 148 valence electrons. The summed E-state index contributed by atoms with van der Waals surface area (Å²) in [5.74, 6) is 4.60. The molecule has 3 rings (SSSR count). The van der Waals surface area contributed by atoms with Crippen molar-refractivity contribution in [3.63, 3.8) is 0 Å². The van der Waals surface area contributed by atoms with Gasteiger partial charge in [0.2, 0.25) is 11.8 Å². The van der Waals surface area contributed by atoms with Gasteiger partial charge in [0.25, 0.3) is 0 Å². The molecule has 3 aliphatic rings. The maximum Gasteiger partial charge on any atom is 0.339 e. The van der Waals surface area contributed by atoms with Gasteiger partial charge < -0.3 is 20.2 Å². The number of carbonyl (C=O) groups is 3. The van der Waals surface area contributed by atoms with Crippen LogP contribution in [-0.4, -0.2) is 71.5 Å². The molecule has 0 radical (unpaired) electrons. The lowest BCUT2D eigenvalue weighted by Crippen LogP contribution is -2.52. The Bertz CT molecular complexity index is 633. The van der Waals surface area contributed by atoms with Gasteiger partial charge in [-0.2, -0.15) is 0 Å². The van der Waals surface area contributed by atoms with Crippen LogP contribution in [0.3, 0.4) is 0 Å². The normalized spacial score (nSPS) is 26.2. The molecule has 3 heterocycles. The average molecular weight is 375 g/mol. The number of carboxylic acid groups (broad SMARTS) is 1. The third-order valence-corrected chi connectivity index (χ3v) is 5.89. The van der Waals surface area contributed by atoms with E-state index in [0.717, 1.165) is 38.8 Å².